The molecule has 2 amide bonds. The van der Waals surface area contributed by atoms with Gasteiger partial charge in [-0.15, -0.1) is 0 Å². The highest BCUT2D eigenvalue weighted by Crippen LogP contribution is 2.27. The third-order valence-corrected chi connectivity index (χ3v) is 2.56. The van der Waals surface area contributed by atoms with Crippen LogP contribution in [-0.4, -0.2) is 30.3 Å². The predicted octanol–water partition coefficient (Wildman–Crippen LogP) is 1.10. The molecule has 1 atom stereocenters. The van der Waals surface area contributed by atoms with E-state index in [0.717, 1.165) is 13.0 Å². The molecule has 0 spiro atoms. The van der Waals surface area contributed by atoms with E-state index >= 15 is 0 Å². The second kappa shape index (κ2) is 5.95. The molecule has 0 aliphatic heterocycles. The first kappa shape index (κ1) is 12.3. The van der Waals surface area contributed by atoms with Crippen LogP contribution < -0.4 is 10.6 Å². The Balaban J connectivity index is 2.14. The van der Waals surface area contributed by atoms with Crippen LogP contribution in [0.1, 0.15) is 33.1 Å². The first-order valence-electron chi connectivity index (χ1n) is 5.77. The second-order valence-electron chi connectivity index (χ2n) is 4.81. The molecule has 1 saturated carbocycles. The van der Waals surface area contributed by atoms with Crippen molar-refractivity contribution in [3.8, 4) is 0 Å². The summed E-state index contributed by atoms with van der Waals surface area (Å²) < 4.78 is 0. The number of urea groups is 1. The lowest BCUT2D eigenvalue weighted by Crippen LogP contribution is -2.44. The number of nitrogens with one attached hydrogen (secondary N) is 2. The molecule has 15 heavy (non-hydrogen) atoms. The summed E-state index contributed by atoms with van der Waals surface area (Å²) in [5.74, 6) is 1.17. The van der Waals surface area contributed by atoms with E-state index in [1.165, 1.54) is 12.8 Å². The Morgan fingerprint density at radius 2 is 2.13 bits per heavy atom. The standard InChI is InChI=1S/C11H22N2O2/c1-8(2)5-10(7-14)13-11(15)12-6-9-3-4-9/h8-10,14H,3-7H2,1-2H3,(H2,12,13,15). The van der Waals surface area contributed by atoms with E-state index in [1.807, 2.05) is 0 Å². The van der Waals surface area contributed by atoms with Crippen molar-refractivity contribution < 1.29 is 9.90 Å². The van der Waals surface area contributed by atoms with E-state index in [9.17, 15) is 4.79 Å². The van der Waals surface area contributed by atoms with Crippen molar-refractivity contribution in [3.63, 3.8) is 0 Å². The molecule has 88 valence electrons. The van der Waals surface area contributed by atoms with Crippen molar-refractivity contribution in [2.24, 2.45) is 11.8 Å². The maximum absolute atomic E-state index is 11.4. The van der Waals surface area contributed by atoms with Gasteiger partial charge in [-0.1, -0.05) is 13.8 Å². The minimum absolute atomic E-state index is 0.00896. The van der Waals surface area contributed by atoms with Gasteiger partial charge < -0.3 is 15.7 Å². The van der Waals surface area contributed by atoms with E-state index in [1.54, 1.807) is 0 Å². The number of carbonyl (C=O) groups excluding carboxylic acids is 1. The van der Waals surface area contributed by atoms with Crippen molar-refractivity contribution in [2.75, 3.05) is 13.2 Å². The molecule has 1 fully saturated rings. The summed E-state index contributed by atoms with van der Waals surface area (Å²) in [4.78, 5) is 11.4. The molecule has 0 aromatic rings. The highest BCUT2D eigenvalue weighted by molar-refractivity contribution is 5.74. The average Bonchev–Trinajstić information content (AvgIpc) is 2.96. The van der Waals surface area contributed by atoms with Crippen LogP contribution >= 0.6 is 0 Å². The van der Waals surface area contributed by atoms with Crippen LogP contribution in [0, 0.1) is 11.8 Å². The molecule has 0 radical (unpaired) electrons. The second-order valence-corrected chi connectivity index (χ2v) is 4.81. The SMILES string of the molecule is CC(C)CC(CO)NC(=O)NCC1CC1. The van der Waals surface area contributed by atoms with Gasteiger partial charge in [-0.2, -0.15) is 0 Å². The lowest BCUT2D eigenvalue weighted by molar-refractivity contribution is 0.206. The van der Waals surface area contributed by atoms with Gasteiger partial charge in [-0.3, -0.25) is 0 Å². The van der Waals surface area contributed by atoms with Crippen molar-refractivity contribution in [1.29, 1.82) is 0 Å². The summed E-state index contributed by atoms with van der Waals surface area (Å²) in [6, 6.07) is -0.272. The molecule has 4 nitrogen and oxygen atoms in total. The van der Waals surface area contributed by atoms with E-state index in [-0.39, 0.29) is 18.7 Å². The number of aliphatic hydroxyl groups excluding tert-OH is 1. The average molecular weight is 214 g/mol. The monoisotopic (exact) mass is 214 g/mol. The number of hydrogen-bond donors (Lipinski definition) is 3. The summed E-state index contributed by atoms with van der Waals surface area (Å²) in [6.45, 7) is 4.93. The van der Waals surface area contributed by atoms with Crippen molar-refractivity contribution in [1.82, 2.24) is 10.6 Å². The number of hydrogen-bond acceptors (Lipinski definition) is 2. The van der Waals surface area contributed by atoms with E-state index < -0.39 is 0 Å². The normalized spacial score (nSPS) is 17.6. The maximum atomic E-state index is 11.4. The summed E-state index contributed by atoms with van der Waals surface area (Å²) in [5, 5.41) is 14.7. The Labute approximate surface area is 91.4 Å². The lowest BCUT2D eigenvalue weighted by Gasteiger charge is -2.18. The van der Waals surface area contributed by atoms with Crippen LogP contribution in [0.3, 0.4) is 0 Å². The molecule has 1 aliphatic carbocycles. The van der Waals surface area contributed by atoms with E-state index in [4.69, 9.17) is 5.11 Å². The molecule has 4 heteroatoms. The van der Waals surface area contributed by atoms with Crippen LogP contribution in [0.25, 0.3) is 0 Å². The van der Waals surface area contributed by atoms with E-state index in [2.05, 4.69) is 24.5 Å². The molecule has 0 aromatic carbocycles. The van der Waals surface area contributed by atoms with Gasteiger partial charge in [0.2, 0.25) is 0 Å². The zero-order chi connectivity index (χ0) is 11.3. The zero-order valence-corrected chi connectivity index (χ0v) is 9.62. The van der Waals surface area contributed by atoms with Crippen molar-refractivity contribution >= 4 is 6.03 Å². The Morgan fingerprint density at radius 3 is 2.60 bits per heavy atom. The van der Waals surface area contributed by atoms with Gasteiger partial charge in [0, 0.05) is 6.54 Å². The molecule has 0 bridgehead atoms. The number of rotatable bonds is 6. The van der Waals surface area contributed by atoms with Gasteiger partial charge in [-0.05, 0) is 31.1 Å². The number of amides is 2. The van der Waals surface area contributed by atoms with Crippen LogP contribution in [0.2, 0.25) is 0 Å². The minimum Gasteiger partial charge on any atom is -0.394 e. The molecule has 3 N–H and O–H groups in total. The van der Waals surface area contributed by atoms with Gasteiger partial charge in [0.25, 0.3) is 0 Å². The maximum Gasteiger partial charge on any atom is 0.315 e. The van der Waals surface area contributed by atoms with Crippen LogP contribution in [0.4, 0.5) is 4.79 Å². The first-order valence-corrected chi connectivity index (χ1v) is 5.77. The molecule has 0 aromatic heterocycles. The van der Waals surface area contributed by atoms with Gasteiger partial charge in [0.1, 0.15) is 0 Å². The highest BCUT2D eigenvalue weighted by atomic mass is 16.3. The third-order valence-electron chi connectivity index (χ3n) is 2.56. The topological polar surface area (TPSA) is 61.4 Å². The molecular formula is C11H22N2O2. The fourth-order valence-electron chi connectivity index (χ4n) is 1.54. The summed E-state index contributed by atoms with van der Waals surface area (Å²) in [6.07, 6.45) is 3.28. The third kappa shape index (κ3) is 5.62. The minimum atomic E-state index is -0.151. The molecular weight excluding hydrogens is 192 g/mol. The Hall–Kier alpha value is -0.770. The molecule has 1 rings (SSSR count). The van der Waals surface area contributed by atoms with Crippen LogP contribution in [0.5, 0.6) is 0 Å². The highest BCUT2D eigenvalue weighted by Gasteiger charge is 2.22. The zero-order valence-electron chi connectivity index (χ0n) is 9.62. The first-order chi connectivity index (χ1) is 7.11. The molecule has 1 unspecified atom stereocenters. The molecule has 0 heterocycles. The van der Waals surface area contributed by atoms with E-state index in [0.29, 0.717) is 11.8 Å². The fourth-order valence-corrected chi connectivity index (χ4v) is 1.54. The fraction of sp³-hybridized carbons (Fsp3) is 0.909. The quantitative estimate of drug-likeness (QED) is 0.620. The summed E-state index contributed by atoms with van der Waals surface area (Å²) >= 11 is 0. The molecule has 0 saturated heterocycles. The van der Waals surface area contributed by atoms with Gasteiger partial charge >= 0.3 is 6.03 Å². The summed E-state index contributed by atoms with van der Waals surface area (Å²) in [7, 11) is 0. The smallest absolute Gasteiger partial charge is 0.315 e. The van der Waals surface area contributed by atoms with Crippen molar-refractivity contribution in [3.05, 3.63) is 0 Å². The Morgan fingerprint density at radius 1 is 1.47 bits per heavy atom. The van der Waals surface area contributed by atoms with Crippen LogP contribution in [-0.2, 0) is 0 Å². The number of carbonyl (C=O) groups is 1. The lowest BCUT2D eigenvalue weighted by atomic mass is 10.0. The van der Waals surface area contributed by atoms with Gasteiger partial charge in [-0.25, -0.2) is 4.79 Å². The molecule has 1 aliphatic rings. The van der Waals surface area contributed by atoms with Crippen molar-refractivity contribution in [2.45, 2.75) is 39.2 Å². The Kier molecular flexibility index (Phi) is 4.88. The number of aliphatic hydroxyl groups is 1. The van der Waals surface area contributed by atoms with Gasteiger partial charge in [0.15, 0.2) is 0 Å². The predicted molar refractivity (Wildman–Crippen MR) is 59.6 cm³/mol. The largest absolute Gasteiger partial charge is 0.394 e. The Bertz CT molecular complexity index is 203. The van der Waals surface area contributed by atoms with Crippen LogP contribution in [0.15, 0.2) is 0 Å². The summed E-state index contributed by atoms with van der Waals surface area (Å²) in [5.41, 5.74) is 0. The van der Waals surface area contributed by atoms with Gasteiger partial charge in [0.05, 0.1) is 12.6 Å².